The smallest absolute Gasteiger partial charge is 0.220 e. The van der Waals surface area contributed by atoms with Crippen LogP contribution in [0.3, 0.4) is 0 Å². The fourth-order valence-corrected chi connectivity index (χ4v) is 12.9. The van der Waals surface area contributed by atoms with E-state index in [1.165, 1.54) is 289 Å². The average molecular weight is 1290 g/mol. The summed E-state index contributed by atoms with van der Waals surface area (Å²) in [7, 11) is 0. The summed E-state index contributed by atoms with van der Waals surface area (Å²) in [6.45, 7) is 2.84. The maximum absolute atomic E-state index is 13.4. The third-order valence-electron chi connectivity index (χ3n) is 19.0. The molecule has 12 atom stereocenters. The Labute approximate surface area is 557 Å². The van der Waals surface area contributed by atoms with Crippen LogP contribution in [0.5, 0.6) is 0 Å². The molecule has 0 aromatic heterocycles. The molecule has 1 amide bonds. The number of amides is 1. The van der Waals surface area contributed by atoms with Crippen molar-refractivity contribution in [3.05, 3.63) is 36.5 Å². The van der Waals surface area contributed by atoms with Crippen LogP contribution < -0.4 is 5.32 Å². The van der Waals surface area contributed by atoms with E-state index in [1.807, 2.05) is 6.08 Å². The number of aliphatic hydroxyl groups excluding tert-OH is 8. The number of unbranched alkanes of at least 4 members (excludes halogenated alkanes) is 48. The van der Waals surface area contributed by atoms with Crippen molar-refractivity contribution in [2.75, 3.05) is 19.8 Å². The number of aliphatic hydroxyl groups is 8. The Balaban J connectivity index is 1.61. The second-order valence-corrected chi connectivity index (χ2v) is 27.5. The van der Waals surface area contributed by atoms with Crippen molar-refractivity contribution >= 4 is 5.91 Å². The summed E-state index contributed by atoms with van der Waals surface area (Å²) < 4.78 is 22.9. The van der Waals surface area contributed by atoms with Gasteiger partial charge in [-0.2, -0.15) is 0 Å². The van der Waals surface area contributed by atoms with Gasteiger partial charge in [0, 0.05) is 6.42 Å². The van der Waals surface area contributed by atoms with E-state index in [1.54, 1.807) is 6.08 Å². The fraction of sp³-hybridized carbons (Fsp3) is 0.909. The van der Waals surface area contributed by atoms with Gasteiger partial charge in [-0.05, 0) is 57.8 Å². The zero-order chi connectivity index (χ0) is 65.9. The molecule has 536 valence electrons. The number of nitrogens with one attached hydrogen (secondary N) is 1. The molecule has 0 radical (unpaired) electrons. The second kappa shape index (κ2) is 61.8. The summed E-state index contributed by atoms with van der Waals surface area (Å²) in [4.78, 5) is 13.4. The van der Waals surface area contributed by atoms with Gasteiger partial charge in [-0.25, -0.2) is 0 Å². The predicted octanol–water partition coefficient (Wildman–Crippen LogP) is 16.9. The van der Waals surface area contributed by atoms with Crippen LogP contribution >= 0.6 is 0 Å². The Morgan fingerprint density at radius 1 is 0.385 bits per heavy atom. The van der Waals surface area contributed by atoms with E-state index in [9.17, 15) is 45.6 Å². The predicted molar refractivity (Wildman–Crippen MR) is 374 cm³/mol. The summed E-state index contributed by atoms with van der Waals surface area (Å²) in [5.74, 6) is -0.242. The number of hydrogen-bond donors (Lipinski definition) is 9. The third kappa shape index (κ3) is 45.4. The maximum atomic E-state index is 13.4. The van der Waals surface area contributed by atoms with Crippen LogP contribution in [0.2, 0.25) is 0 Å². The lowest BCUT2D eigenvalue weighted by atomic mass is 9.97. The number of hydrogen-bond acceptors (Lipinski definition) is 13. The first-order chi connectivity index (χ1) is 44.6. The van der Waals surface area contributed by atoms with E-state index in [0.29, 0.717) is 12.8 Å². The number of carbonyl (C=O) groups excluding carboxylic acids is 1. The summed E-state index contributed by atoms with van der Waals surface area (Å²) >= 11 is 0. The first-order valence-corrected chi connectivity index (χ1v) is 38.7. The Kier molecular flexibility index (Phi) is 57.9. The van der Waals surface area contributed by atoms with Gasteiger partial charge < -0.3 is 65.1 Å². The summed E-state index contributed by atoms with van der Waals surface area (Å²) in [6, 6.07) is -0.931. The van der Waals surface area contributed by atoms with Gasteiger partial charge in [0.1, 0.15) is 48.8 Å². The van der Waals surface area contributed by atoms with Crippen LogP contribution in [-0.2, 0) is 23.7 Å². The van der Waals surface area contributed by atoms with Crippen LogP contribution in [0.15, 0.2) is 36.5 Å². The van der Waals surface area contributed by atoms with Gasteiger partial charge in [0.05, 0.1) is 32.0 Å². The highest BCUT2D eigenvalue weighted by atomic mass is 16.7. The van der Waals surface area contributed by atoms with Gasteiger partial charge in [-0.3, -0.25) is 4.79 Å². The quantitative estimate of drug-likeness (QED) is 0.0204. The Hall–Kier alpha value is -1.79. The summed E-state index contributed by atoms with van der Waals surface area (Å²) in [5.41, 5.74) is 0. The minimum atomic E-state index is -1.79. The number of rotatable bonds is 65. The van der Waals surface area contributed by atoms with Gasteiger partial charge in [0.25, 0.3) is 0 Å². The number of ether oxygens (including phenoxy) is 4. The first-order valence-electron chi connectivity index (χ1n) is 38.7. The standard InChI is InChI=1S/C77H145NO13/c1-3-5-7-9-11-13-15-17-19-21-23-25-27-28-29-30-31-32-33-34-35-36-37-38-39-41-43-45-47-49-51-53-55-57-59-61-69(82)78-65(64-88-76-74(87)72(85)75(68(63-80)90-76)91-77-73(86)71(84)70(83)67(62-79)89-77)66(81)60-58-56-54-52-50-48-46-44-42-40-26-24-22-20-18-16-14-12-10-8-6-4-2/h21,23,50,52,58,60,65-68,70-77,79-81,83-87H,3-20,22,24-49,51,53-57,59,61-64H2,1-2H3,(H,78,82)/b23-21-,52-50+,60-58+. The molecule has 9 N–H and O–H groups in total. The molecule has 0 aromatic carbocycles. The molecular weight excluding hydrogens is 1150 g/mol. The van der Waals surface area contributed by atoms with Crippen LogP contribution in [-0.4, -0.2) is 140 Å². The Morgan fingerprint density at radius 3 is 1.08 bits per heavy atom. The first kappa shape index (κ1) is 85.3. The minimum absolute atomic E-state index is 0.242. The van der Waals surface area contributed by atoms with Crippen molar-refractivity contribution < 1.29 is 64.6 Å². The maximum Gasteiger partial charge on any atom is 0.220 e. The number of carbonyl (C=O) groups is 1. The lowest BCUT2D eigenvalue weighted by Gasteiger charge is -2.46. The SMILES string of the molecule is CCCCCCCCCC/C=C\CCCCCCCCCCCCCCCCCCCCCCCCCC(=O)NC(COC1OC(CO)C(OC2OC(CO)C(O)C(O)C2O)C(O)C1O)C(O)/C=C/CC/C=C/CCCCCCCCCCCCCCCCCC. The van der Waals surface area contributed by atoms with Crippen LogP contribution in [0.4, 0.5) is 0 Å². The molecule has 2 aliphatic heterocycles. The van der Waals surface area contributed by atoms with Gasteiger partial charge in [0.15, 0.2) is 12.6 Å². The summed E-state index contributed by atoms with van der Waals surface area (Å²) in [5, 5.41) is 87.5. The van der Waals surface area contributed by atoms with E-state index in [-0.39, 0.29) is 18.9 Å². The molecule has 0 saturated carbocycles. The molecular formula is C77H145NO13. The van der Waals surface area contributed by atoms with Crippen LogP contribution in [0, 0.1) is 0 Å². The lowest BCUT2D eigenvalue weighted by molar-refractivity contribution is -0.359. The van der Waals surface area contributed by atoms with E-state index >= 15 is 0 Å². The molecule has 14 heteroatoms. The zero-order valence-electron chi connectivity index (χ0n) is 58.6. The molecule has 2 aliphatic rings. The lowest BCUT2D eigenvalue weighted by Crippen LogP contribution is -2.65. The van der Waals surface area contributed by atoms with Crippen molar-refractivity contribution in [2.24, 2.45) is 0 Å². The Morgan fingerprint density at radius 2 is 0.703 bits per heavy atom. The topological polar surface area (TPSA) is 228 Å². The summed E-state index contributed by atoms with van der Waals surface area (Å²) in [6.07, 6.45) is 63.7. The second-order valence-electron chi connectivity index (χ2n) is 27.5. The van der Waals surface area contributed by atoms with Gasteiger partial charge >= 0.3 is 0 Å². The fourth-order valence-electron chi connectivity index (χ4n) is 12.9. The Bertz CT molecular complexity index is 1670. The van der Waals surface area contributed by atoms with Gasteiger partial charge in [-0.1, -0.05) is 326 Å². The molecule has 12 unspecified atom stereocenters. The minimum Gasteiger partial charge on any atom is -0.394 e. The molecule has 0 aromatic rings. The van der Waals surface area contributed by atoms with Crippen LogP contribution in [0.1, 0.15) is 354 Å². The van der Waals surface area contributed by atoms with Crippen molar-refractivity contribution in [2.45, 2.75) is 428 Å². The van der Waals surface area contributed by atoms with Crippen molar-refractivity contribution in [3.8, 4) is 0 Å². The largest absolute Gasteiger partial charge is 0.394 e. The van der Waals surface area contributed by atoms with E-state index in [0.717, 1.165) is 32.1 Å². The number of allylic oxidation sites excluding steroid dienone is 5. The molecule has 2 heterocycles. The molecule has 0 spiro atoms. The van der Waals surface area contributed by atoms with Gasteiger partial charge in [0.2, 0.25) is 5.91 Å². The highest BCUT2D eigenvalue weighted by Crippen LogP contribution is 2.30. The molecule has 91 heavy (non-hydrogen) atoms. The van der Waals surface area contributed by atoms with E-state index < -0.39 is 86.8 Å². The highest BCUT2D eigenvalue weighted by molar-refractivity contribution is 5.76. The van der Waals surface area contributed by atoms with Crippen molar-refractivity contribution in [3.63, 3.8) is 0 Å². The zero-order valence-corrected chi connectivity index (χ0v) is 58.6. The normalized spacial score (nSPS) is 22.9. The van der Waals surface area contributed by atoms with E-state index in [2.05, 4.69) is 43.5 Å². The van der Waals surface area contributed by atoms with E-state index in [4.69, 9.17) is 18.9 Å². The van der Waals surface area contributed by atoms with Gasteiger partial charge in [-0.15, -0.1) is 0 Å². The molecule has 14 nitrogen and oxygen atoms in total. The average Bonchev–Trinajstić information content (AvgIpc) is 0.888. The van der Waals surface area contributed by atoms with Crippen LogP contribution in [0.25, 0.3) is 0 Å². The molecule has 2 rings (SSSR count). The molecule has 0 bridgehead atoms. The monoisotopic (exact) mass is 1290 g/mol. The molecule has 0 aliphatic carbocycles. The van der Waals surface area contributed by atoms with Crippen molar-refractivity contribution in [1.82, 2.24) is 5.32 Å². The van der Waals surface area contributed by atoms with Crippen molar-refractivity contribution in [1.29, 1.82) is 0 Å². The molecule has 2 fully saturated rings. The molecule has 2 saturated heterocycles. The highest BCUT2D eigenvalue weighted by Gasteiger charge is 2.51. The third-order valence-corrected chi connectivity index (χ3v) is 19.0.